The molecular formula is C18H22N2O3. The van der Waals surface area contributed by atoms with Crippen molar-refractivity contribution in [1.29, 1.82) is 0 Å². The van der Waals surface area contributed by atoms with Gasteiger partial charge >= 0.3 is 0 Å². The first-order valence-electron chi connectivity index (χ1n) is 7.40. The summed E-state index contributed by atoms with van der Waals surface area (Å²) in [6.45, 7) is 2.69. The van der Waals surface area contributed by atoms with E-state index in [2.05, 4.69) is 10.6 Å². The van der Waals surface area contributed by atoms with Gasteiger partial charge in [0.05, 0.1) is 20.8 Å². The Morgan fingerprint density at radius 2 is 1.83 bits per heavy atom. The molecule has 0 aliphatic rings. The van der Waals surface area contributed by atoms with E-state index in [1.54, 1.807) is 14.2 Å². The van der Waals surface area contributed by atoms with E-state index in [0.717, 1.165) is 16.8 Å². The van der Waals surface area contributed by atoms with Crippen molar-refractivity contribution in [2.45, 2.75) is 13.5 Å². The van der Waals surface area contributed by atoms with Gasteiger partial charge in [0.25, 0.3) is 0 Å². The van der Waals surface area contributed by atoms with Crippen molar-refractivity contribution < 1.29 is 14.3 Å². The van der Waals surface area contributed by atoms with Crippen LogP contribution in [0.2, 0.25) is 0 Å². The van der Waals surface area contributed by atoms with E-state index < -0.39 is 0 Å². The lowest BCUT2D eigenvalue weighted by Gasteiger charge is -2.11. The highest BCUT2D eigenvalue weighted by Crippen LogP contribution is 2.27. The van der Waals surface area contributed by atoms with Crippen LogP contribution in [0.5, 0.6) is 11.5 Å². The highest BCUT2D eigenvalue weighted by molar-refractivity contribution is 5.80. The van der Waals surface area contributed by atoms with Gasteiger partial charge in [0.2, 0.25) is 5.91 Å². The number of carbonyl (C=O) groups excluding carboxylic acids is 1. The molecule has 0 saturated carbocycles. The molecule has 2 aromatic carbocycles. The first-order chi connectivity index (χ1) is 11.1. The van der Waals surface area contributed by atoms with Crippen molar-refractivity contribution in [2.24, 2.45) is 0 Å². The molecule has 0 fully saturated rings. The first-order valence-corrected chi connectivity index (χ1v) is 7.40. The number of ether oxygens (including phenoxy) is 2. The van der Waals surface area contributed by atoms with Crippen LogP contribution in [0.15, 0.2) is 42.5 Å². The molecule has 2 N–H and O–H groups in total. The number of amides is 1. The number of anilines is 1. The van der Waals surface area contributed by atoms with E-state index in [-0.39, 0.29) is 12.5 Å². The molecule has 23 heavy (non-hydrogen) atoms. The average Bonchev–Trinajstić information content (AvgIpc) is 2.57. The van der Waals surface area contributed by atoms with E-state index in [0.29, 0.717) is 18.0 Å². The SMILES string of the molecule is COc1ccc(CNC(=O)CNc2cccc(C)c2)cc1OC. The minimum Gasteiger partial charge on any atom is -0.493 e. The second-order valence-electron chi connectivity index (χ2n) is 5.19. The molecule has 0 aliphatic carbocycles. The number of aryl methyl sites for hydroxylation is 1. The highest BCUT2D eigenvalue weighted by Gasteiger charge is 2.06. The van der Waals surface area contributed by atoms with E-state index in [1.807, 2.05) is 49.4 Å². The maximum Gasteiger partial charge on any atom is 0.239 e. The smallest absolute Gasteiger partial charge is 0.239 e. The van der Waals surface area contributed by atoms with Crippen LogP contribution >= 0.6 is 0 Å². The Balaban J connectivity index is 1.84. The molecule has 122 valence electrons. The lowest BCUT2D eigenvalue weighted by atomic mass is 10.2. The number of methoxy groups -OCH3 is 2. The van der Waals surface area contributed by atoms with Crippen LogP contribution in [0.25, 0.3) is 0 Å². The maximum atomic E-state index is 11.9. The van der Waals surface area contributed by atoms with Crippen LogP contribution in [0, 0.1) is 6.92 Å². The zero-order valence-electron chi connectivity index (χ0n) is 13.7. The predicted molar refractivity (Wildman–Crippen MR) is 91.1 cm³/mol. The van der Waals surface area contributed by atoms with Gasteiger partial charge in [-0.3, -0.25) is 4.79 Å². The van der Waals surface area contributed by atoms with E-state index in [9.17, 15) is 4.79 Å². The highest BCUT2D eigenvalue weighted by atomic mass is 16.5. The summed E-state index contributed by atoms with van der Waals surface area (Å²) >= 11 is 0. The number of hydrogen-bond donors (Lipinski definition) is 2. The van der Waals surface area contributed by atoms with Gasteiger partial charge in [-0.15, -0.1) is 0 Å². The van der Waals surface area contributed by atoms with Gasteiger partial charge < -0.3 is 20.1 Å². The summed E-state index contributed by atoms with van der Waals surface area (Å²) in [5.41, 5.74) is 3.04. The van der Waals surface area contributed by atoms with Crippen LogP contribution in [-0.4, -0.2) is 26.7 Å². The molecule has 0 unspecified atom stereocenters. The molecule has 0 atom stereocenters. The second kappa shape index (κ2) is 8.08. The summed E-state index contributed by atoms with van der Waals surface area (Å²) in [4.78, 5) is 11.9. The minimum atomic E-state index is -0.0682. The number of rotatable bonds is 7. The molecule has 0 spiro atoms. The monoisotopic (exact) mass is 314 g/mol. The Kier molecular flexibility index (Phi) is 5.86. The van der Waals surface area contributed by atoms with Crippen molar-refractivity contribution in [3.8, 4) is 11.5 Å². The zero-order valence-corrected chi connectivity index (χ0v) is 13.7. The van der Waals surface area contributed by atoms with Gasteiger partial charge in [-0.2, -0.15) is 0 Å². The molecule has 0 aromatic heterocycles. The molecule has 2 rings (SSSR count). The predicted octanol–water partition coefficient (Wildman–Crippen LogP) is 2.74. The lowest BCUT2D eigenvalue weighted by Crippen LogP contribution is -2.29. The second-order valence-corrected chi connectivity index (χ2v) is 5.19. The average molecular weight is 314 g/mol. The number of hydrogen-bond acceptors (Lipinski definition) is 4. The van der Waals surface area contributed by atoms with Crippen LogP contribution in [0.3, 0.4) is 0 Å². The quantitative estimate of drug-likeness (QED) is 0.825. The van der Waals surface area contributed by atoms with Crippen molar-refractivity contribution in [1.82, 2.24) is 5.32 Å². The fraction of sp³-hybridized carbons (Fsp3) is 0.278. The number of carbonyl (C=O) groups is 1. The molecular weight excluding hydrogens is 292 g/mol. The Morgan fingerprint density at radius 3 is 2.52 bits per heavy atom. The van der Waals surface area contributed by atoms with E-state index in [4.69, 9.17) is 9.47 Å². The molecule has 0 heterocycles. The summed E-state index contributed by atoms with van der Waals surface area (Å²) < 4.78 is 10.4. The molecule has 0 bridgehead atoms. The molecule has 2 aromatic rings. The van der Waals surface area contributed by atoms with E-state index >= 15 is 0 Å². The molecule has 0 saturated heterocycles. The maximum absolute atomic E-state index is 11.9. The largest absolute Gasteiger partial charge is 0.493 e. The van der Waals surface area contributed by atoms with E-state index in [1.165, 1.54) is 0 Å². The third-order valence-corrected chi connectivity index (χ3v) is 3.41. The molecule has 0 radical (unpaired) electrons. The Bertz CT molecular complexity index is 671. The van der Waals surface area contributed by atoms with Gasteiger partial charge in [0.1, 0.15) is 0 Å². The lowest BCUT2D eigenvalue weighted by molar-refractivity contribution is -0.119. The standard InChI is InChI=1S/C18H22N2O3/c1-13-5-4-6-15(9-13)19-12-18(21)20-11-14-7-8-16(22-2)17(10-14)23-3/h4-10,19H,11-12H2,1-3H3,(H,20,21). The summed E-state index contributed by atoms with van der Waals surface area (Å²) in [6, 6.07) is 13.5. The Hall–Kier alpha value is -2.69. The zero-order chi connectivity index (χ0) is 16.7. The van der Waals surface area contributed by atoms with Gasteiger partial charge in [-0.05, 0) is 42.3 Å². The van der Waals surface area contributed by atoms with Gasteiger partial charge in [0.15, 0.2) is 11.5 Å². The van der Waals surface area contributed by atoms with Crippen LogP contribution in [-0.2, 0) is 11.3 Å². The topological polar surface area (TPSA) is 59.6 Å². The van der Waals surface area contributed by atoms with Crippen LogP contribution in [0.1, 0.15) is 11.1 Å². The van der Waals surface area contributed by atoms with Crippen molar-refractivity contribution in [2.75, 3.05) is 26.1 Å². The fourth-order valence-electron chi connectivity index (χ4n) is 2.19. The Morgan fingerprint density at radius 1 is 1.04 bits per heavy atom. The molecule has 1 amide bonds. The third-order valence-electron chi connectivity index (χ3n) is 3.41. The number of benzene rings is 2. The van der Waals surface area contributed by atoms with Gasteiger partial charge in [0, 0.05) is 12.2 Å². The third kappa shape index (κ3) is 4.92. The summed E-state index contributed by atoms with van der Waals surface area (Å²) in [7, 11) is 3.18. The summed E-state index contributed by atoms with van der Waals surface area (Å²) in [6.07, 6.45) is 0. The van der Waals surface area contributed by atoms with Gasteiger partial charge in [-0.25, -0.2) is 0 Å². The summed E-state index contributed by atoms with van der Waals surface area (Å²) in [5.74, 6) is 1.25. The van der Waals surface area contributed by atoms with Crippen molar-refractivity contribution in [3.05, 3.63) is 53.6 Å². The molecule has 5 heteroatoms. The minimum absolute atomic E-state index is 0.0682. The first kappa shape index (κ1) is 16.7. The number of nitrogens with one attached hydrogen (secondary N) is 2. The van der Waals surface area contributed by atoms with Crippen LogP contribution in [0.4, 0.5) is 5.69 Å². The molecule has 5 nitrogen and oxygen atoms in total. The van der Waals surface area contributed by atoms with Crippen molar-refractivity contribution >= 4 is 11.6 Å². The molecule has 0 aliphatic heterocycles. The van der Waals surface area contributed by atoms with Gasteiger partial charge in [-0.1, -0.05) is 18.2 Å². The Labute approximate surface area is 136 Å². The summed E-state index contributed by atoms with van der Waals surface area (Å²) in [5, 5.41) is 5.98. The van der Waals surface area contributed by atoms with Crippen molar-refractivity contribution in [3.63, 3.8) is 0 Å². The van der Waals surface area contributed by atoms with Crippen LogP contribution < -0.4 is 20.1 Å². The fourth-order valence-corrected chi connectivity index (χ4v) is 2.19. The normalized spacial score (nSPS) is 10.0.